The Morgan fingerprint density at radius 2 is 2.26 bits per heavy atom. The Bertz CT molecular complexity index is 423. The minimum atomic E-state index is -0.275. The SMILES string of the molecule is COc1ccc(O)c(C(=O)NCCCC(C)CBr)c1. The molecule has 0 bridgehead atoms. The van der Waals surface area contributed by atoms with Crippen LogP contribution in [-0.2, 0) is 0 Å². The first kappa shape index (κ1) is 15.8. The topological polar surface area (TPSA) is 58.6 Å². The third kappa shape index (κ3) is 5.11. The van der Waals surface area contributed by atoms with E-state index in [9.17, 15) is 9.90 Å². The zero-order valence-electron chi connectivity index (χ0n) is 11.3. The molecule has 0 saturated heterocycles. The van der Waals surface area contributed by atoms with E-state index in [0.717, 1.165) is 18.2 Å². The number of amides is 1. The number of phenolic OH excluding ortho intramolecular Hbond substituents is 1. The highest BCUT2D eigenvalue weighted by Gasteiger charge is 2.11. The van der Waals surface area contributed by atoms with Gasteiger partial charge >= 0.3 is 0 Å². The molecule has 1 atom stereocenters. The third-order valence-corrected chi connectivity index (χ3v) is 3.98. The number of carbonyl (C=O) groups is 1. The Morgan fingerprint density at radius 3 is 2.89 bits per heavy atom. The zero-order chi connectivity index (χ0) is 14.3. The quantitative estimate of drug-likeness (QED) is 0.597. The molecule has 106 valence electrons. The lowest BCUT2D eigenvalue weighted by molar-refractivity contribution is 0.0949. The number of benzene rings is 1. The molecular weight excluding hydrogens is 310 g/mol. The van der Waals surface area contributed by atoms with Gasteiger partial charge in [0, 0.05) is 11.9 Å². The number of rotatable bonds is 7. The maximum atomic E-state index is 11.9. The number of alkyl halides is 1. The van der Waals surface area contributed by atoms with E-state index in [4.69, 9.17) is 4.74 Å². The molecule has 0 fully saturated rings. The molecule has 2 N–H and O–H groups in total. The lowest BCUT2D eigenvalue weighted by Gasteiger charge is -2.10. The third-order valence-electron chi connectivity index (χ3n) is 2.87. The Labute approximate surface area is 122 Å². The van der Waals surface area contributed by atoms with Crippen molar-refractivity contribution < 1.29 is 14.6 Å². The van der Waals surface area contributed by atoms with Crippen molar-refractivity contribution in [1.82, 2.24) is 5.32 Å². The van der Waals surface area contributed by atoms with Gasteiger partial charge in [0.15, 0.2) is 0 Å². The molecule has 1 aromatic rings. The predicted molar refractivity (Wildman–Crippen MR) is 79.2 cm³/mol. The summed E-state index contributed by atoms with van der Waals surface area (Å²) in [7, 11) is 1.52. The molecule has 0 spiro atoms. The van der Waals surface area contributed by atoms with Crippen LogP contribution in [0.4, 0.5) is 0 Å². The summed E-state index contributed by atoms with van der Waals surface area (Å²) in [6.07, 6.45) is 1.97. The highest BCUT2D eigenvalue weighted by molar-refractivity contribution is 9.09. The summed E-state index contributed by atoms with van der Waals surface area (Å²) in [6, 6.07) is 4.61. The van der Waals surface area contributed by atoms with Crippen LogP contribution in [-0.4, -0.2) is 30.0 Å². The van der Waals surface area contributed by atoms with Crippen LogP contribution in [0.5, 0.6) is 11.5 Å². The fourth-order valence-corrected chi connectivity index (χ4v) is 1.97. The number of hydrogen-bond acceptors (Lipinski definition) is 3. The van der Waals surface area contributed by atoms with Crippen molar-refractivity contribution in [3.8, 4) is 11.5 Å². The number of nitrogens with one attached hydrogen (secondary N) is 1. The number of aromatic hydroxyl groups is 1. The van der Waals surface area contributed by atoms with Crippen LogP contribution < -0.4 is 10.1 Å². The molecule has 0 aromatic heterocycles. The molecule has 0 aliphatic carbocycles. The van der Waals surface area contributed by atoms with Crippen LogP contribution in [0.15, 0.2) is 18.2 Å². The van der Waals surface area contributed by atoms with Gasteiger partial charge in [-0.15, -0.1) is 0 Å². The summed E-state index contributed by atoms with van der Waals surface area (Å²) >= 11 is 3.42. The van der Waals surface area contributed by atoms with Gasteiger partial charge in [-0.2, -0.15) is 0 Å². The fraction of sp³-hybridized carbons (Fsp3) is 0.500. The highest BCUT2D eigenvalue weighted by Crippen LogP contribution is 2.22. The Balaban J connectivity index is 2.49. The van der Waals surface area contributed by atoms with Crippen LogP contribution in [0.1, 0.15) is 30.1 Å². The van der Waals surface area contributed by atoms with E-state index < -0.39 is 0 Å². The van der Waals surface area contributed by atoms with Gasteiger partial charge in [-0.3, -0.25) is 4.79 Å². The molecular formula is C14H20BrNO3. The first-order valence-corrected chi connectivity index (χ1v) is 7.41. The molecule has 0 aliphatic rings. The van der Waals surface area contributed by atoms with Crippen molar-refractivity contribution in [2.45, 2.75) is 19.8 Å². The monoisotopic (exact) mass is 329 g/mol. The highest BCUT2D eigenvalue weighted by atomic mass is 79.9. The van der Waals surface area contributed by atoms with Crippen molar-refractivity contribution >= 4 is 21.8 Å². The van der Waals surface area contributed by atoms with Crippen molar-refractivity contribution in [2.75, 3.05) is 19.0 Å². The van der Waals surface area contributed by atoms with E-state index in [1.807, 2.05) is 0 Å². The molecule has 5 heteroatoms. The molecule has 0 radical (unpaired) electrons. The van der Waals surface area contributed by atoms with Crippen LogP contribution in [0.25, 0.3) is 0 Å². The van der Waals surface area contributed by atoms with Crippen LogP contribution in [0.2, 0.25) is 0 Å². The second-order valence-corrected chi connectivity index (χ2v) is 5.19. The van der Waals surface area contributed by atoms with Crippen LogP contribution >= 0.6 is 15.9 Å². The standard InChI is InChI=1S/C14H20BrNO3/c1-10(9-15)4-3-7-16-14(18)12-8-11(19-2)5-6-13(12)17/h5-6,8,10,17H,3-4,7,9H2,1-2H3,(H,16,18). The van der Waals surface area contributed by atoms with Crippen LogP contribution in [0.3, 0.4) is 0 Å². The first-order chi connectivity index (χ1) is 9.08. The largest absolute Gasteiger partial charge is 0.507 e. The molecule has 0 saturated carbocycles. The molecule has 1 aromatic carbocycles. The predicted octanol–water partition coefficient (Wildman–Crippen LogP) is 2.94. The van der Waals surface area contributed by atoms with Gasteiger partial charge in [-0.25, -0.2) is 0 Å². The minimum absolute atomic E-state index is 0.0351. The van der Waals surface area contributed by atoms with E-state index in [-0.39, 0.29) is 17.2 Å². The smallest absolute Gasteiger partial charge is 0.255 e. The first-order valence-electron chi connectivity index (χ1n) is 6.29. The summed E-state index contributed by atoms with van der Waals surface area (Å²) in [5, 5.41) is 13.4. The van der Waals surface area contributed by atoms with Gasteiger partial charge in [0.2, 0.25) is 0 Å². The summed E-state index contributed by atoms with van der Waals surface area (Å²) in [4.78, 5) is 11.9. The van der Waals surface area contributed by atoms with E-state index in [1.54, 1.807) is 6.07 Å². The Kier molecular flexibility index (Phi) is 6.70. The van der Waals surface area contributed by atoms with E-state index >= 15 is 0 Å². The molecule has 4 nitrogen and oxygen atoms in total. The maximum Gasteiger partial charge on any atom is 0.255 e. The minimum Gasteiger partial charge on any atom is -0.507 e. The normalized spacial score (nSPS) is 11.9. The summed E-state index contributed by atoms with van der Waals surface area (Å²) in [5.41, 5.74) is 0.243. The summed E-state index contributed by atoms with van der Waals surface area (Å²) < 4.78 is 5.04. The molecule has 19 heavy (non-hydrogen) atoms. The zero-order valence-corrected chi connectivity index (χ0v) is 12.9. The number of hydrogen-bond donors (Lipinski definition) is 2. The Morgan fingerprint density at radius 1 is 1.53 bits per heavy atom. The fourth-order valence-electron chi connectivity index (χ4n) is 1.65. The van der Waals surface area contributed by atoms with Gasteiger partial charge in [0.1, 0.15) is 11.5 Å². The van der Waals surface area contributed by atoms with Crippen LogP contribution in [0, 0.1) is 5.92 Å². The molecule has 1 rings (SSSR count). The number of carbonyl (C=O) groups excluding carboxylic acids is 1. The number of phenols is 1. The number of ether oxygens (including phenoxy) is 1. The van der Waals surface area contributed by atoms with E-state index in [2.05, 4.69) is 28.2 Å². The maximum absolute atomic E-state index is 11.9. The molecule has 0 heterocycles. The van der Waals surface area contributed by atoms with Gasteiger partial charge in [-0.05, 0) is 37.0 Å². The van der Waals surface area contributed by atoms with Gasteiger partial charge in [-0.1, -0.05) is 22.9 Å². The lowest BCUT2D eigenvalue weighted by atomic mass is 10.1. The second-order valence-electron chi connectivity index (χ2n) is 4.54. The van der Waals surface area contributed by atoms with Gasteiger partial charge in [0.25, 0.3) is 5.91 Å². The average Bonchev–Trinajstić information content (AvgIpc) is 2.43. The molecule has 0 aliphatic heterocycles. The summed E-state index contributed by atoms with van der Waals surface area (Å²) in [6.45, 7) is 2.76. The lowest BCUT2D eigenvalue weighted by Crippen LogP contribution is -2.24. The molecule has 1 unspecified atom stereocenters. The second kappa shape index (κ2) is 8.04. The molecule has 1 amide bonds. The van der Waals surface area contributed by atoms with Crippen molar-refractivity contribution in [3.05, 3.63) is 23.8 Å². The van der Waals surface area contributed by atoms with E-state index in [1.165, 1.54) is 19.2 Å². The van der Waals surface area contributed by atoms with Crippen molar-refractivity contribution in [1.29, 1.82) is 0 Å². The van der Waals surface area contributed by atoms with Gasteiger partial charge < -0.3 is 15.2 Å². The van der Waals surface area contributed by atoms with E-state index in [0.29, 0.717) is 18.2 Å². The van der Waals surface area contributed by atoms with Crippen molar-refractivity contribution in [2.24, 2.45) is 5.92 Å². The van der Waals surface area contributed by atoms with Gasteiger partial charge in [0.05, 0.1) is 12.7 Å². The average molecular weight is 330 g/mol. The Hall–Kier alpha value is -1.23. The number of methoxy groups -OCH3 is 1. The van der Waals surface area contributed by atoms with Crippen molar-refractivity contribution in [3.63, 3.8) is 0 Å². The number of halogens is 1. The summed E-state index contributed by atoms with van der Waals surface area (Å²) in [5.74, 6) is 0.841.